The van der Waals surface area contributed by atoms with Gasteiger partial charge in [0.15, 0.2) is 0 Å². The van der Waals surface area contributed by atoms with Crippen molar-refractivity contribution in [2.75, 3.05) is 5.75 Å². The van der Waals surface area contributed by atoms with Crippen LogP contribution in [-0.2, 0) is 11.0 Å². The number of rotatable bonds is 4. The summed E-state index contributed by atoms with van der Waals surface area (Å²) >= 11 is 0.885. The zero-order chi connectivity index (χ0) is 13.1. The Hall–Kier alpha value is -1.28. The summed E-state index contributed by atoms with van der Waals surface area (Å²) in [7, 11) is 0. The lowest BCUT2D eigenvalue weighted by atomic mass is 10.2. The van der Waals surface area contributed by atoms with Gasteiger partial charge in [-0.3, -0.25) is 9.78 Å². The number of carbonyl (C=O) groups is 1. The molecule has 1 heterocycles. The number of nitrogens with zero attached hydrogens (tertiary/aromatic N) is 1. The minimum absolute atomic E-state index is 0.212. The summed E-state index contributed by atoms with van der Waals surface area (Å²) in [5.41, 5.74) is 4.91. The first-order valence-corrected chi connectivity index (χ1v) is 5.47. The van der Waals surface area contributed by atoms with E-state index in [1.165, 1.54) is 0 Å². The van der Waals surface area contributed by atoms with Crippen LogP contribution in [0.4, 0.5) is 13.2 Å². The number of carboxylic acids is 1. The van der Waals surface area contributed by atoms with E-state index in [1.807, 2.05) is 0 Å². The van der Waals surface area contributed by atoms with Crippen LogP contribution in [0.3, 0.4) is 0 Å². The van der Waals surface area contributed by atoms with E-state index in [2.05, 4.69) is 4.98 Å². The van der Waals surface area contributed by atoms with Gasteiger partial charge in [-0.1, -0.05) is 0 Å². The van der Waals surface area contributed by atoms with Crippen molar-refractivity contribution in [3.05, 3.63) is 29.6 Å². The summed E-state index contributed by atoms with van der Waals surface area (Å²) in [5, 5.41) is 7.66. The van der Waals surface area contributed by atoms with Gasteiger partial charge in [0.2, 0.25) is 0 Å². The lowest BCUT2D eigenvalue weighted by Crippen LogP contribution is -2.13. The Morgan fingerprint density at radius 1 is 1.53 bits per heavy atom. The number of pyridine rings is 1. The summed E-state index contributed by atoms with van der Waals surface area (Å²) < 4.78 is 36.7. The molecule has 1 unspecified atom stereocenters. The molecule has 0 aromatic carbocycles. The third kappa shape index (κ3) is 4.23. The van der Waals surface area contributed by atoms with Crippen molar-refractivity contribution < 1.29 is 23.1 Å². The molecule has 0 aliphatic rings. The number of hydrogen-bond acceptors (Lipinski definition) is 4. The highest BCUT2D eigenvalue weighted by Crippen LogP contribution is 2.29. The number of alkyl halides is 3. The monoisotopic (exact) mass is 266 g/mol. The van der Waals surface area contributed by atoms with Gasteiger partial charge in [0, 0.05) is 6.20 Å². The van der Waals surface area contributed by atoms with Crippen molar-refractivity contribution in [2.45, 2.75) is 11.6 Å². The summed E-state index contributed by atoms with van der Waals surface area (Å²) in [6.45, 7) is 0. The highest BCUT2D eigenvalue weighted by Gasteiger charge is 2.30. The third-order valence-corrected chi connectivity index (χ3v) is 2.81. The summed E-state index contributed by atoms with van der Waals surface area (Å²) in [4.78, 5) is 13.8. The van der Waals surface area contributed by atoms with Gasteiger partial charge in [-0.25, -0.2) is 0 Å². The SMILES string of the molecule is NC(SCC(=O)O)c1ccc(C(F)(F)F)cn1. The van der Waals surface area contributed by atoms with Gasteiger partial charge in [0.05, 0.1) is 22.4 Å². The molecule has 1 aromatic heterocycles. The largest absolute Gasteiger partial charge is 0.481 e. The van der Waals surface area contributed by atoms with Crippen LogP contribution in [0, 0.1) is 0 Å². The molecule has 3 N–H and O–H groups in total. The molecule has 0 radical (unpaired) electrons. The molecule has 17 heavy (non-hydrogen) atoms. The van der Waals surface area contributed by atoms with E-state index in [9.17, 15) is 18.0 Å². The Balaban J connectivity index is 2.70. The fourth-order valence-electron chi connectivity index (χ4n) is 0.988. The van der Waals surface area contributed by atoms with E-state index in [4.69, 9.17) is 10.8 Å². The average molecular weight is 266 g/mol. The zero-order valence-corrected chi connectivity index (χ0v) is 9.26. The molecule has 0 spiro atoms. The van der Waals surface area contributed by atoms with Crippen LogP contribution in [0.1, 0.15) is 16.6 Å². The molecule has 0 aliphatic carbocycles. The number of hydrogen-bond donors (Lipinski definition) is 2. The fourth-order valence-corrected chi connectivity index (χ4v) is 1.62. The molecular formula is C9H9F3N2O2S. The number of halogens is 3. The standard InChI is InChI=1S/C9H9F3N2O2S/c10-9(11,12)5-1-2-6(14-3-5)8(13)17-4-7(15)16/h1-3,8H,4,13H2,(H,15,16). The van der Waals surface area contributed by atoms with E-state index < -0.39 is 23.1 Å². The molecule has 0 fully saturated rings. The third-order valence-electron chi connectivity index (χ3n) is 1.79. The molecule has 1 atom stereocenters. The summed E-state index contributed by atoms with van der Waals surface area (Å²) in [6, 6.07) is 2.01. The van der Waals surface area contributed by atoms with Crippen LogP contribution in [0.2, 0.25) is 0 Å². The number of carboxylic acid groups (broad SMARTS) is 1. The molecule has 0 aliphatic heterocycles. The second-order valence-electron chi connectivity index (χ2n) is 3.09. The maximum absolute atomic E-state index is 12.2. The lowest BCUT2D eigenvalue weighted by molar-refractivity contribution is -0.138. The van der Waals surface area contributed by atoms with Crippen molar-refractivity contribution in [3.8, 4) is 0 Å². The molecule has 4 nitrogen and oxygen atoms in total. The van der Waals surface area contributed by atoms with Crippen LogP contribution in [0.25, 0.3) is 0 Å². The second-order valence-corrected chi connectivity index (χ2v) is 4.22. The Bertz CT molecular complexity index is 394. The van der Waals surface area contributed by atoms with Gasteiger partial charge in [0.25, 0.3) is 0 Å². The van der Waals surface area contributed by atoms with Crippen LogP contribution >= 0.6 is 11.8 Å². The Kier molecular flexibility index (Phi) is 4.35. The van der Waals surface area contributed by atoms with Crippen molar-refractivity contribution in [3.63, 3.8) is 0 Å². The number of thioether (sulfide) groups is 1. The van der Waals surface area contributed by atoms with Crippen molar-refractivity contribution in [1.82, 2.24) is 4.98 Å². The van der Waals surface area contributed by atoms with Gasteiger partial charge >= 0.3 is 12.1 Å². The molecule has 0 saturated carbocycles. The van der Waals surface area contributed by atoms with Gasteiger partial charge < -0.3 is 10.8 Å². The summed E-state index contributed by atoms with van der Waals surface area (Å²) in [6.07, 6.45) is -3.76. The van der Waals surface area contributed by atoms with Crippen LogP contribution in [0.15, 0.2) is 18.3 Å². The molecule has 94 valence electrons. The first-order valence-electron chi connectivity index (χ1n) is 4.43. The van der Waals surface area contributed by atoms with Gasteiger partial charge in [-0.15, -0.1) is 11.8 Å². The Morgan fingerprint density at radius 3 is 2.59 bits per heavy atom. The lowest BCUT2D eigenvalue weighted by Gasteiger charge is -2.11. The predicted molar refractivity (Wildman–Crippen MR) is 56.3 cm³/mol. The minimum atomic E-state index is -4.44. The van der Waals surface area contributed by atoms with Crippen molar-refractivity contribution in [1.29, 1.82) is 0 Å². The van der Waals surface area contributed by atoms with Gasteiger partial charge in [-0.05, 0) is 12.1 Å². The van der Waals surface area contributed by atoms with E-state index in [0.29, 0.717) is 6.20 Å². The first kappa shape index (κ1) is 13.8. The van der Waals surface area contributed by atoms with Gasteiger partial charge in [0.1, 0.15) is 0 Å². The normalized spacial score (nSPS) is 13.4. The average Bonchev–Trinajstić information content (AvgIpc) is 2.25. The highest BCUT2D eigenvalue weighted by molar-refractivity contribution is 8.00. The van der Waals surface area contributed by atoms with E-state index >= 15 is 0 Å². The summed E-state index contributed by atoms with van der Waals surface area (Å²) in [5.74, 6) is -1.28. The van der Waals surface area contributed by atoms with Gasteiger partial charge in [-0.2, -0.15) is 13.2 Å². The van der Waals surface area contributed by atoms with Crippen LogP contribution in [-0.4, -0.2) is 21.8 Å². The first-order chi connectivity index (χ1) is 7.80. The second kappa shape index (κ2) is 5.37. The minimum Gasteiger partial charge on any atom is -0.481 e. The maximum Gasteiger partial charge on any atom is 0.417 e. The van der Waals surface area contributed by atoms with Crippen molar-refractivity contribution in [2.24, 2.45) is 5.73 Å². The van der Waals surface area contributed by atoms with E-state index in [1.54, 1.807) is 0 Å². The Labute approximate surface area is 99.0 Å². The molecule has 0 amide bonds. The topological polar surface area (TPSA) is 76.2 Å². The zero-order valence-electron chi connectivity index (χ0n) is 8.44. The molecule has 1 rings (SSSR count). The highest BCUT2D eigenvalue weighted by atomic mass is 32.2. The fraction of sp³-hybridized carbons (Fsp3) is 0.333. The molecular weight excluding hydrogens is 257 g/mol. The Morgan fingerprint density at radius 2 is 2.18 bits per heavy atom. The molecule has 8 heteroatoms. The molecule has 0 saturated heterocycles. The predicted octanol–water partition coefficient (Wildman–Crippen LogP) is 1.88. The maximum atomic E-state index is 12.2. The number of aliphatic carboxylic acids is 1. The van der Waals surface area contributed by atoms with Crippen LogP contribution in [0.5, 0.6) is 0 Å². The van der Waals surface area contributed by atoms with E-state index in [0.717, 1.165) is 23.9 Å². The number of aromatic nitrogens is 1. The van der Waals surface area contributed by atoms with E-state index in [-0.39, 0.29) is 11.4 Å². The molecule has 1 aromatic rings. The van der Waals surface area contributed by atoms with Crippen molar-refractivity contribution >= 4 is 17.7 Å². The number of nitrogens with two attached hydrogens (primary N) is 1. The molecule has 0 bridgehead atoms. The smallest absolute Gasteiger partial charge is 0.417 e. The quantitative estimate of drug-likeness (QED) is 0.814. The van der Waals surface area contributed by atoms with Crippen LogP contribution < -0.4 is 5.73 Å².